The van der Waals surface area contributed by atoms with Gasteiger partial charge in [-0.05, 0) is 30.3 Å². The minimum Gasteiger partial charge on any atom is -0.457 e. The number of amides is 1. The van der Waals surface area contributed by atoms with Gasteiger partial charge in [0.25, 0.3) is 5.91 Å². The fourth-order valence-electron chi connectivity index (χ4n) is 1.94. The molecule has 0 aliphatic carbocycles. The third kappa shape index (κ3) is 2.92. The molecule has 0 fully saturated rings. The average Bonchev–Trinajstić information content (AvgIpc) is 2.99. The van der Waals surface area contributed by atoms with Crippen LogP contribution >= 0.6 is 0 Å². The number of carbonyl (C=O) groups is 1. The van der Waals surface area contributed by atoms with Gasteiger partial charge in [-0.2, -0.15) is 5.10 Å². The van der Waals surface area contributed by atoms with E-state index in [1.54, 1.807) is 6.07 Å². The Morgan fingerprint density at radius 1 is 1.00 bits per heavy atom. The van der Waals surface area contributed by atoms with Crippen LogP contribution in [0.3, 0.4) is 0 Å². The number of aromatic nitrogens is 2. The molecule has 104 valence electrons. The molecule has 3 aromatic rings. The predicted molar refractivity (Wildman–Crippen MR) is 79.1 cm³/mol. The summed E-state index contributed by atoms with van der Waals surface area (Å²) in [5.74, 6) is 0.919. The van der Waals surface area contributed by atoms with Crippen molar-refractivity contribution in [1.29, 1.82) is 0 Å². The standard InChI is InChI=1S/C16H13N3O2/c17-16(20)15-10-14(18-19-15)11-5-4-8-13(9-11)21-12-6-2-1-3-7-12/h1-10H,(H2,17,20)(H,18,19). The normalized spacial score (nSPS) is 10.3. The van der Waals surface area contributed by atoms with E-state index in [0.717, 1.165) is 11.3 Å². The highest BCUT2D eigenvalue weighted by molar-refractivity contribution is 5.91. The number of aromatic amines is 1. The van der Waals surface area contributed by atoms with E-state index in [9.17, 15) is 4.79 Å². The van der Waals surface area contributed by atoms with Crippen LogP contribution in [-0.4, -0.2) is 16.1 Å². The number of primary amides is 1. The van der Waals surface area contributed by atoms with E-state index >= 15 is 0 Å². The molecule has 1 aromatic heterocycles. The second kappa shape index (κ2) is 5.50. The lowest BCUT2D eigenvalue weighted by Crippen LogP contribution is -2.10. The van der Waals surface area contributed by atoms with Gasteiger partial charge >= 0.3 is 0 Å². The third-order valence-corrected chi connectivity index (χ3v) is 2.95. The molecule has 0 atom stereocenters. The quantitative estimate of drug-likeness (QED) is 0.770. The topological polar surface area (TPSA) is 81.0 Å². The molecule has 5 nitrogen and oxygen atoms in total. The predicted octanol–water partition coefficient (Wildman–Crippen LogP) is 2.97. The number of nitrogens with zero attached hydrogens (tertiary/aromatic N) is 1. The Bertz CT molecular complexity index is 766. The fourth-order valence-corrected chi connectivity index (χ4v) is 1.94. The highest BCUT2D eigenvalue weighted by Gasteiger charge is 2.08. The molecule has 0 bridgehead atoms. The molecular weight excluding hydrogens is 266 g/mol. The Kier molecular flexibility index (Phi) is 3.39. The third-order valence-electron chi connectivity index (χ3n) is 2.95. The van der Waals surface area contributed by atoms with Crippen LogP contribution in [0, 0.1) is 0 Å². The molecule has 3 rings (SSSR count). The monoisotopic (exact) mass is 279 g/mol. The average molecular weight is 279 g/mol. The molecule has 1 heterocycles. The van der Waals surface area contributed by atoms with Gasteiger partial charge in [0.1, 0.15) is 17.2 Å². The summed E-state index contributed by atoms with van der Waals surface area (Å²) in [6.07, 6.45) is 0. The van der Waals surface area contributed by atoms with Gasteiger partial charge in [0.2, 0.25) is 0 Å². The van der Waals surface area contributed by atoms with Gasteiger partial charge in [-0.15, -0.1) is 0 Å². The van der Waals surface area contributed by atoms with Crippen molar-refractivity contribution in [2.75, 3.05) is 0 Å². The van der Waals surface area contributed by atoms with Crippen molar-refractivity contribution < 1.29 is 9.53 Å². The SMILES string of the molecule is NC(=O)c1cc(-c2cccc(Oc3ccccc3)c2)n[nH]1. The van der Waals surface area contributed by atoms with Crippen molar-refractivity contribution in [3.8, 4) is 22.8 Å². The smallest absolute Gasteiger partial charge is 0.266 e. The van der Waals surface area contributed by atoms with Crippen LogP contribution in [0.25, 0.3) is 11.3 Å². The fraction of sp³-hybridized carbons (Fsp3) is 0. The number of hydrogen-bond donors (Lipinski definition) is 2. The zero-order valence-corrected chi connectivity index (χ0v) is 11.1. The first-order chi connectivity index (χ1) is 10.2. The van der Waals surface area contributed by atoms with Crippen LogP contribution in [0.15, 0.2) is 60.7 Å². The lowest BCUT2D eigenvalue weighted by molar-refractivity contribution is 0.0995. The number of benzene rings is 2. The molecule has 0 aliphatic heterocycles. The Morgan fingerprint density at radius 3 is 2.48 bits per heavy atom. The molecule has 0 radical (unpaired) electrons. The number of ether oxygens (including phenoxy) is 1. The van der Waals surface area contributed by atoms with Crippen LogP contribution in [0.1, 0.15) is 10.5 Å². The number of nitrogens with two attached hydrogens (primary N) is 1. The molecule has 2 aromatic carbocycles. The van der Waals surface area contributed by atoms with Gasteiger partial charge in [0.05, 0.1) is 5.69 Å². The number of carbonyl (C=O) groups excluding carboxylic acids is 1. The first-order valence-corrected chi connectivity index (χ1v) is 6.41. The van der Waals surface area contributed by atoms with Gasteiger partial charge in [0.15, 0.2) is 0 Å². The van der Waals surface area contributed by atoms with Crippen molar-refractivity contribution in [1.82, 2.24) is 10.2 Å². The zero-order valence-electron chi connectivity index (χ0n) is 11.1. The van der Waals surface area contributed by atoms with E-state index in [1.165, 1.54) is 0 Å². The largest absolute Gasteiger partial charge is 0.457 e. The molecule has 3 N–H and O–H groups in total. The molecule has 0 aliphatic rings. The molecule has 0 saturated heterocycles. The highest BCUT2D eigenvalue weighted by atomic mass is 16.5. The van der Waals surface area contributed by atoms with E-state index < -0.39 is 5.91 Å². The maximum atomic E-state index is 11.1. The lowest BCUT2D eigenvalue weighted by Gasteiger charge is -2.06. The summed E-state index contributed by atoms with van der Waals surface area (Å²) in [7, 11) is 0. The van der Waals surface area contributed by atoms with Gasteiger partial charge in [-0.25, -0.2) is 0 Å². The summed E-state index contributed by atoms with van der Waals surface area (Å²) in [4.78, 5) is 11.1. The van der Waals surface area contributed by atoms with E-state index in [2.05, 4.69) is 10.2 Å². The summed E-state index contributed by atoms with van der Waals surface area (Å²) in [5, 5.41) is 6.68. The Hall–Kier alpha value is -3.08. The van der Waals surface area contributed by atoms with Gasteiger partial charge in [-0.1, -0.05) is 30.3 Å². The number of nitrogens with one attached hydrogen (secondary N) is 1. The summed E-state index contributed by atoms with van der Waals surface area (Å²) in [6, 6.07) is 18.6. The first-order valence-electron chi connectivity index (χ1n) is 6.41. The van der Waals surface area contributed by atoms with E-state index in [1.807, 2.05) is 54.6 Å². The van der Waals surface area contributed by atoms with Crippen molar-refractivity contribution in [3.05, 3.63) is 66.4 Å². The first kappa shape index (κ1) is 12.9. The maximum Gasteiger partial charge on any atom is 0.266 e. The Balaban J connectivity index is 1.87. The Morgan fingerprint density at radius 2 is 1.76 bits per heavy atom. The number of para-hydroxylation sites is 1. The molecule has 5 heteroatoms. The second-order valence-electron chi connectivity index (χ2n) is 4.47. The van der Waals surface area contributed by atoms with Crippen molar-refractivity contribution in [3.63, 3.8) is 0 Å². The Labute approximate surface area is 121 Å². The van der Waals surface area contributed by atoms with Crippen LogP contribution in [0.5, 0.6) is 11.5 Å². The minimum atomic E-state index is -0.537. The molecule has 0 saturated carbocycles. The van der Waals surface area contributed by atoms with Gasteiger partial charge in [0, 0.05) is 5.56 Å². The summed E-state index contributed by atoms with van der Waals surface area (Å²) >= 11 is 0. The second-order valence-corrected chi connectivity index (χ2v) is 4.47. The maximum absolute atomic E-state index is 11.1. The molecule has 21 heavy (non-hydrogen) atoms. The molecule has 0 spiro atoms. The number of H-pyrrole nitrogens is 1. The molecular formula is C16H13N3O2. The molecule has 0 unspecified atom stereocenters. The van der Waals surface area contributed by atoms with Crippen LogP contribution in [-0.2, 0) is 0 Å². The highest BCUT2D eigenvalue weighted by Crippen LogP contribution is 2.26. The van der Waals surface area contributed by atoms with Crippen molar-refractivity contribution in [2.24, 2.45) is 5.73 Å². The van der Waals surface area contributed by atoms with E-state index in [-0.39, 0.29) is 5.69 Å². The summed E-state index contributed by atoms with van der Waals surface area (Å²) < 4.78 is 5.77. The molecule has 1 amide bonds. The van der Waals surface area contributed by atoms with Crippen LogP contribution < -0.4 is 10.5 Å². The number of rotatable bonds is 4. The van der Waals surface area contributed by atoms with Crippen molar-refractivity contribution >= 4 is 5.91 Å². The summed E-state index contributed by atoms with van der Waals surface area (Å²) in [5.41, 5.74) is 6.96. The lowest BCUT2D eigenvalue weighted by atomic mass is 10.1. The zero-order chi connectivity index (χ0) is 14.7. The van der Waals surface area contributed by atoms with E-state index in [4.69, 9.17) is 10.5 Å². The van der Waals surface area contributed by atoms with Gasteiger partial charge < -0.3 is 10.5 Å². The number of hydrogen-bond acceptors (Lipinski definition) is 3. The minimum absolute atomic E-state index is 0.277. The van der Waals surface area contributed by atoms with Crippen LogP contribution in [0.2, 0.25) is 0 Å². The van der Waals surface area contributed by atoms with Crippen molar-refractivity contribution in [2.45, 2.75) is 0 Å². The van der Waals surface area contributed by atoms with Gasteiger partial charge in [-0.3, -0.25) is 9.89 Å². The van der Waals surface area contributed by atoms with Crippen LogP contribution in [0.4, 0.5) is 0 Å². The van der Waals surface area contributed by atoms with E-state index in [0.29, 0.717) is 11.4 Å². The summed E-state index contributed by atoms with van der Waals surface area (Å²) in [6.45, 7) is 0.